The van der Waals surface area contributed by atoms with E-state index in [1.165, 1.54) is 7.11 Å². The molecular weight excluding hydrogens is 356 g/mol. The predicted molar refractivity (Wildman–Crippen MR) is 108 cm³/mol. The van der Waals surface area contributed by atoms with Gasteiger partial charge in [0.1, 0.15) is 11.4 Å². The smallest absolute Gasteiger partial charge is 0.282 e. The van der Waals surface area contributed by atoms with Crippen LogP contribution in [0.4, 0.5) is 5.69 Å². The van der Waals surface area contributed by atoms with Crippen LogP contribution in [0.15, 0.2) is 48.2 Å². The van der Waals surface area contributed by atoms with Crippen LogP contribution in [0.5, 0.6) is 5.75 Å². The van der Waals surface area contributed by atoms with Gasteiger partial charge in [-0.25, -0.2) is 4.90 Å². The van der Waals surface area contributed by atoms with Crippen molar-refractivity contribution in [1.29, 1.82) is 0 Å². The summed E-state index contributed by atoms with van der Waals surface area (Å²) >= 11 is 0. The number of anilines is 1. The number of aryl methyl sites for hydroxylation is 2. The molecule has 6 nitrogen and oxygen atoms in total. The maximum absolute atomic E-state index is 13.4. The number of aliphatic hydroxyl groups excluding tert-OH is 1. The first kappa shape index (κ1) is 19.6. The van der Waals surface area contributed by atoms with Gasteiger partial charge in [-0.15, -0.1) is 0 Å². The second kappa shape index (κ2) is 7.86. The minimum atomic E-state index is -0.430. The van der Waals surface area contributed by atoms with Crippen molar-refractivity contribution in [2.75, 3.05) is 32.2 Å². The predicted octanol–water partition coefficient (Wildman–Crippen LogP) is 2.52. The number of aliphatic hydroxyl groups is 1. The van der Waals surface area contributed by atoms with Crippen LogP contribution < -0.4 is 9.64 Å². The van der Waals surface area contributed by atoms with E-state index in [0.29, 0.717) is 22.6 Å². The Hall–Kier alpha value is -3.12. The maximum Gasteiger partial charge on any atom is 0.282 e. The Labute approximate surface area is 164 Å². The SMILES string of the molecule is COc1ccc(C)cc1N1C(=O)C(c2ccc(C)cc2)=C(N(C)CCO)C1=O. The summed E-state index contributed by atoms with van der Waals surface area (Å²) in [5, 5.41) is 9.35. The molecule has 1 aliphatic rings. The third-order valence-corrected chi connectivity index (χ3v) is 4.79. The highest BCUT2D eigenvalue weighted by Crippen LogP contribution is 2.38. The van der Waals surface area contributed by atoms with Crippen molar-refractivity contribution in [2.45, 2.75) is 13.8 Å². The Balaban J connectivity index is 2.17. The summed E-state index contributed by atoms with van der Waals surface area (Å²) in [5.41, 5.74) is 3.64. The van der Waals surface area contributed by atoms with Gasteiger partial charge in [0, 0.05) is 13.6 Å². The van der Waals surface area contributed by atoms with E-state index >= 15 is 0 Å². The molecule has 6 heteroatoms. The lowest BCUT2D eigenvalue weighted by Crippen LogP contribution is -2.35. The largest absolute Gasteiger partial charge is 0.495 e. The van der Waals surface area contributed by atoms with Crippen molar-refractivity contribution in [2.24, 2.45) is 0 Å². The lowest BCUT2D eigenvalue weighted by Gasteiger charge is -2.21. The van der Waals surface area contributed by atoms with Gasteiger partial charge in [-0.2, -0.15) is 0 Å². The number of nitrogens with zero attached hydrogens (tertiary/aromatic N) is 2. The van der Waals surface area contributed by atoms with Crippen LogP contribution in [0.25, 0.3) is 5.57 Å². The molecule has 1 aliphatic heterocycles. The molecule has 2 aromatic rings. The van der Waals surface area contributed by atoms with Gasteiger partial charge in [0.15, 0.2) is 0 Å². The molecule has 0 bridgehead atoms. The van der Waals surface area contributed by atoms with E-state index in [1.54, 1.807) is 24.1 Å². The van der Waals surface area contributed by atoms with Crippen molar-refractivity contribution in [3.05, 3.63) is 64.9 Å². The number of hydrogen-bond acceptors (Lipinski definition) is 5. The molecule has 0 atom stereocenters. The molecule has 3 rings (SSSR count). The van der Waals surface area contributed by atoms with Gasteiger partial charge in [0.05, 0.1) is 25.0 Å². The molecule has 2 aromatic carbocycles. The Morgan fingerprint density at radius 1 is 1.00 bits per heavy atom. The molecule has 28 heavy (non-hydrogen) atoms. The highest BCUT2D eigenvalue weighted by molar-refractivity contribution is 6.45. The molecule has 146 valence electrons. The zero-order chi connectivity index (χ0) is 20.4. The number of hydrogen-bond donors (Lipinski definition) is 1. The van der Waals surface area contributed by atoms with Crippen LogP contribution in [0.3, 0.4) is 0 Å². The average Bonchev–Trinajstić information content (AvgIpc) is 2.93. The molecule has 1 heterocycles. The van der Waals surface area contributed by atoms with Gasteiger partial charge in [0.25, 0.3) is 11.8 Å². The van der Waals surface area contributed by atoms with E-state index in [0.717, 1.165) is 16.0 Å². The van der Waals surface area contributed by atoms with Crippen LogP contribution in [0.1, 0.15) is 16.7 Å². The summed E-state index contributed by atoms with van der Waals surface area (Å²) in [5.74, 6) is -0.389. The summed E-state index contributed by atoms with van der Waals surface area (Å²) in [4.78, 5) is 29.5. The zero-order valence-corrected chi connectivity index (χ0v) is 16.5. The van der Waals surface area contributed by atoms with Crippen molar-refractivity contribution < 1.29 is 19.4 Å². The molecule has 0 aliphatic carbocycles. The number of amides is 2. The number of imide groups is 1. The number of rotatable bonds is 6. The molecule has 0 saturated heterocycles. The fourth-order valence-electron chi connectivity index (χ4n) is 3.31. The van der Waals surface area contributed by atoms with Gasteiger partial charge >= 0.3 is 0 Å². The number of ether oxygens (including phenoxy) is 1. The van der Waals surface area contributed by atoms with E-state index < -0.39 is 11.8 Å². The Kier molecular flexibility index (Phi) is 5.51. The monoisotopic (exact) mass is 380 g/mol. The number of benzene rings is 2. The van der Waals surface area contributed by atoms with Gasteiger partial charge in [-0.1, -0.05) is 35.9 Å². The molecule has 1 N–H and O–H groups in total. The van der Waals surface area contributed by atoms with Crippen molar-refractivity contribution in [1.82, 2.24) is 4.90 Å². The third-order valence-electron chi connectivity index (χ3n) is 4.79. The Morgan fingerprint density at radius 2 is 1.64 bits per heavy atom. The molecule has 0 spiro atoms. The number of methoxy groups -OCH3 is 1. The van der Waals surface area contributed by atoms with Crippen LogP contribution >= 0.6 is 0 Å². The summed E-state index contributed by atoms with van der Waals surface area (Å²) in [7, 11) is 3.20. The molecule has 0 aromatic heterocycles. The lowest BCUT2D eigenvalue weighted by molar-refractivity contribution is -0.120. The van der Waals surface area contributed by atoms with E-state index in [1.807, 2.05) is 44.2 Å². The summed E-state index contributed by atoms with van der Waals surface area (Å²) in [6.07, 6.45) is 0. The summed E-state index contributed by atoms with van der Waals surface area (Å²) in [6.45, 7) is 3.96. The number of carbonyl (C=O) groups excluding carboxylic acids is 2. The lowest BCUT2D eigenvalue weighted by atomic mass is 10.0. The van der Waals surface area contributed by atoms with Crippen LogP contribution in [0.2, 0.25) is 0 Å². The first-order valence-corrected chi connectivity index (χ1v) is 9.05. The third kappa shape index (κ3) is 3.39. The van der Waals surface area contributed by atoms with Gasteiger partial charge in [-0.3, -0.25) is 9.59 Å². The molecule has 0 radical (unpaired) electrons. The quantitative estimate of drug-likeness (QED) is 0.780. The van der Waals surface area contributed by atoms with Crippen LogP contribution in [-0.4, -0.2) is 49.1 Å². The van der Waals surface area contributed by atoms with Crippen molar-refractivity contribution in [3.63, 3.8) is 0 Å². The molecule has 0 saturated carbocycles. The van der Waals surface area contributed by atoms with Gasteiger partial charge in [0.2, 0.25) is 0 Å². The Morgan fingerprint density at radius 3 is 2.25 bits per heavy atom. The fourth-order valence-corrected chi connectivity index (χ4v) is 3.31. The second-order valence-corrected chi connectivity index (χ2v) is 6.86. The van der Waals surface area contributed by atoms with Crippen LogP contribution in [-0.2, 0) is 9.59 Å². The summed E-state index contributed by atoms with van der Waals surface area (Å²) < 4.78 is 5.39. The van der Waals surface area contributed by atoms with E-state index in [2.05, 4.69) is 0 Å². The van der Waals surface area contributed by atoms with Crippen molar-refractivity contribution >= 4 is 23.1 Å². The van der Waals surface area contributed by atoms with Gasteiger partial charge in [-0.05, 0) is 37.1 Å². The summed E-state index contributed by atoms with van der Waals surface area (Å²) in [6, 6.07) is 12.8. The van der Waals surface area contributed by atoms with Gasteiger partial charge < -0.3 is 14.7 Å². The standard InChI is InChI=1S/C22H24N2O4/c1-14-5-8-16(9-6-14)19-20(23(3)11-12-25)22(27)24(21(19)26)17-13-15(2)7-10-18(17)28-4/h5-10,13,25H,11-12H2,1-4H3. The molecule has 2 amide bonds. The van der Waals surface area contributed by atoms with E-state index in [-0.39, 0.29) is 18.8 Å². The van der Waals surface area contributed by atoms with Crippen molar-refractivity contribution in [3.8, 4) is 5.75 Å². The van der Waals surface area contributed by atoms with Crippen LogP contribution in [0, 0.1) is 13.8 Å². The highest BCUT2D eigenvalue weighted by Gasteiger charge is 2.42. The second-order valence-electron chi connectivity index (χ2n) is 6.86. The fraction of sp³-hybridized carbons (Fsp3) is 0.273. The zero-order valence-electron chi connectivity index (χ0n) is 16.5. The highest BCUT2D eigenvalue weighted by atomic mass is 16.5. The number of likely N-dealkylation sites (N-methyl/N-ethyl adjacent to an activating group) is 1. The minimum absolute atomic E-state index is 0.129. The van der Waals surface area contributed by atoms with E-state index in [9.17, 15) is 14.7 Å². The normalized spacial score (nSPS) is 14.1. The topological polar surface area (TPSA) is 70.1 Å². The molecule has 0 unspecified atom stereocenters. The van der Waals surface area contributed by atoms with E-state index in [4.69, 9.17) is 4.74 Å². The first-order chi connectivity index (χ1) is 13.4. The Bertz CT molecular complexity index is 948. The minimum Gasteiger partial charge on any atom is -0.495 e. The molecule has 0 fully saturated rings. The molecular formula is C22H24N2O4. The first-order valence-electron chi connectivity index (χ1n) is 9.05. The maximum atomic E-state index is 13.4. The number of carbonyl (C=O) groups is 2. The average molecular weight is 380 g/mol.